The zero-order valence-corrected chi connectivity index (χ0v) is 7.42. The summed E-state index contributed by atoms with van der Waals surface area (Å²) in [4.78, 5) is 4.06. The summed E-state index contributed by atoms with van der Waals surface area (Å²) in [6, 6.07) is 5.45. The standard InChI is InChI=1S/C9H9N3O2/c13-6-4-8-11-12-9(14-8)7-3-1-2-5-10-7/h1-3,5,13H,4,6H2. The minimum absolute atomic E-state index is 0.00382. The third-order valence-electron chi connectivity index (χ3n) is 1.68. The van der Waals surface area contributed by atoms with Crippen LogP contribution >= 0.6 is 0 Å². The van der Waals surface area contributed by atoms with Crippen LogP contribution in [0.4, 0.5) is 0 Å². The Bertz CT molecular complexity index is 399. The molecule has 5 nitrogen and oxygen atoms in total. The number of hydrogen-bond acceptors (Lipinski definition) is 5. The third-order valence-corrected chi connectivity index (χ3v) is 1.68. The Balaban J connectivity index is 2.25. The maximum atomic E-state index is 8.66. The van der Waals surface area contributed by atoms with Crippen molar-refractivity contribution in [3.8, 4) is 11.6 Å². The van der Waals surface area contributed by atoms with Gasteiger partial charge in [-0.1, -0.05) is 6.07 Å². The van der Waals surface area contributed by atoms with E-state index in [1.54, 1.807) is 12.3 Å². The van der Waals surface area contributed by atoms with Gasteiger partial charge in [0.2, 0.25) is 5.89 Å². The monoisotopic (exact) mass is 191 g/mol. The van der Waals surface area contributed by atoms with Crippen LogP contribution in [0, 0.1) is 0 Å². The first kappa shape index (κ1) is 8.83. The lowest BCUT2D eigenvalue weighted by Crippen LogP contribution is -1.89. The summed E-state index contributed by atoms with van der Waals surface area (Å²) in [6.07, 6.45) is 2.03. The molecule has 0 aromatic carbocycles. The van der Waals surface area contributed by atoms with Crippen molar-refractivity contribution in [2.24, 2.45) is 0 Å². The van der Waals surface area contributed by atoms with E-state index in [1.165, 1.54) is 0 Å². The fraction of sp³-hybridized carbons (Fsp3) is 0.222. The van der Waals surface area contributed by atoms with Crippen LogP contribution in [0.15, 0.2) is 28.8 Å². The Morgan fingerprint density at radius 2 is 2.21 bits per heavy atom. The number of aromatic nitrogens is 3. The smallest absolute Gasteiger partial charge is 0.266 e. The number of rotatable bonds is 3. The van der Waals surface area contributed by atoms with Crippen molar-refractivity contribution in [2.75, 3.05) is 6.61 Å². The van der Waals surface area contributed by atoms with Crippen LogP contribution < -0.4 is 0 Å². The molecule has 2 aromatic heterocycles. The molecule has 2 heterocycles. The largest absolute Gasteiger partial charge is 0.419 e. The van der Waals surface area contributed by atoms with Crippen molar-refractivity contribution in [1.29, 1.82) is 0 Å². The second-order valence-corrected chi connectivity index (χ2v) is 2.69. The molecule has 0 saturated carbocycles. The van der Waals surface area contributed by atoms with Crippen molar-refractivity contribution in [3.63, 3.8) is 0 Å². The summed E-state index contributed by atoms with van der Waals surface area (Å²) < 4.78 is 5.27. The molecule has 2 aromatic rings. The van der Waals surface area contributed by atoms with E-state index in [1.807, 2.05) is 12.1 Å². The maximum absolute atomic E-state index is 8.66. The van der Waals surface area contributed by atoms with Gasteiger partial charge in [0.1, 0.15) is 5.69 Å². The Labute approximate surface area is 80.4 Å². The van der Waals surface area contributed by atoms with Crippen LogP contribution in [-0.4, -0.2) is 26.9 Å². The molecule has 0 bridgehead atoms. The normalized spacial score (nSPS) is 10.4. The van der Waals surface area contributed by atoms with Gasteiger partial charge in [-0.25, -0.2) is 0 Å². The SMILES string of the molecule is OCCc1nnc(-c2ccccn2)o1. The predicted octanol–water partition coefficient (Wildman–Crippen LogP) is 0.666. The van der Waals surface area contributed by atoms with Gasteiger partial charge in [0.25, 0.3) is 5.89 Å². The Kier molecular flexibility index (Phi) is 2.51. The number of hydrogen-bond donors (Lipinski definition) is 1. The molecule has 1 N–H and O–H groups in total. The van der Waals surface area contributed by atoms with Gasteiger partial charge in [-0.2, -0.15) is 0 Å². The summed E-state index contributed by atoms with van der Waals surface area (Å²) in [5.74, 6) is 0.808. The van der Waals surface area contributed by atoms with Gasteiger partial charge in [-0.3, -0.25) is 4.98 Å². The van der Waals surface area contributed by atoms with Crippen molar-refractivity contribution >= 4 is 0 Å². The second-order valence-electron chi connectivity index (χ2n) is 2.69. The van der Waals surface area contributed by atoms with E-state index >= 15 is 0 Å². The van der Waals surface area contributed by atoms with Crippen LogP contribution in [-0.2, 0) is 6.42 Å². The molecule has 0 aliphatic heterocycles. The predicted molar refractivity (Wildman–Crippen MR) is 48.3 cm³/mol. The van der Waals surface area contributed by atoms with Crippen LogP contribution in [0.2, 0.25) is 0 Å². The molecule has 0 amide bonds. The number of aliphatic hydroxyl groups is 1. The molecular formula is C9H9N3O2. The molecule has 0 fully saturated rings. The van der Waals surface area contributed by atoms with Crippen molar-refractivity contribution in [1.82, 2.24) is 15.2 Å². The molecule has 0 saturated heterocycles. The average molecular weight is 191 g/mol. The van der Waals surface area contributed by atoms with Crippen molar-refractivity contribution in [3.05, 3.63) is 30.3 Å². The lowest BCUT2D eigenvalue weighted by atomic mass is 10.3. The lowest BCUT2D eigenvalue weighted by molar-refractivity contribution is 0.285. The average Bonchev–Trinajstić information content (AvgIpc) is 2.68. The van der Waals surface area contributed by atoms with E-state index in [2.05, 4.69) is 15.2 Å². The van der Waals surface area contributed by atoms with Crippen LogP contribution in [0.25, 0.3) is 11.6 Å². The molecule has 2 rings (SSSR count). The first-order valence-electron chi connectivity index (χ1n) is 4.25. The van der Waals surface area contributed by atoms with Crippen LogP contribution in [0.5, 0.6) is 0 Å². The van der Waals surface area contributed by atoms with E-state index in [0.29, 0.717) is 23.9 Å². The van der Waals surface area contributed by atoms with Gasteiger partial charge in [0, 0.05) is 12.6 Å². The van der Waals surface area contributed by atoms with Gasteiger partial charge in [-0.05, 0) is 12.1 Å². The first-order valence-corrected chi connectivity index (χ1v) is 4.25. The molecule has 0 atom stereocenters. The lowest BCUT2D eigenvalue weighted by Gasteiger charge is -1.90. The summed E-state index contributed by atoms with van der Waals surface area (Å²) in [5, 5.41) is 16.2. The minimum atomic E-state index is 0.00382. The van der Waals surface area contributed by atoms with Crippen molar-refractivity contribution < 1.29 is 9.52 Å². The minimum Gasteiger partial charge on any atom is -0.419 e. The van der Waals surface area contributed by atoms with E-state index in [4.69, 9.17) is 9.52 Å². The van der Waals surface area contributed by atoms with Gasteiger partial charge in [0.15, 0.2) is 0 Å². The third kappa shape index (κ3) is 1.77. The fourth-order valence-electron chi connectivity index (χ4n) is 1.04. The molecular weight excluding hydrogens is 182 g/mol. The van der Waals surface area contributed by atoms with Crippen molar-refractivity contribution in [2.45, 2.75) is 6.42 Å². The number of nitrogens with zero attached hydrogens (tertiary/aromatic N) is 3. The van der Waals surface area contributed by atoms with Crippen LogP contribution in [0.1, 0.15) is 5.89 Å². The summed E-state index contributed by atoms with van der Waals surface area (Å²) >= 11 is 0. The summed E-state index contributed by atoms with van der Waals surface area (Å²) in [6.45, 7) is 0.00382. The molecule has 0 unspecified atom stereocenters. The fourth-order valence-corrected chi connectivity index (χ4v) is 1.04. The van der Waals surface area contributed by atoms with Crippen LogP contribution in [0.3, 0.4) is 0 Å². The highest BCUT2D eigenvalue weighted by molar-refractivity contribution is 5.44. The van der Waals surface area contributed by atoms with E-state index in [0.717, 1.165) is 0 Å². The van der Waals surface area contributed by atoms with Gasteiger partial charge < -0.3 is 9.52 Å². The summed E-state index contributed by atoms with van der Waals surface area (Å²) in [5.41, 5.74) is 0.643. The Morgan fingerprint density at radius 3 is 2.93 bits per heavy atom. The van der Waals surface area contributed by atoms with Gasteiger partial charge in [0.05, 0.1) is 6.61 Å². The molecule has 72 valence electrons. The Morgan fingerprint density at radius 1 is 1.29 bits per heavy atom. The van der Waals surface area contributed by atoms with E-state index in [9.17, 15) is 0 Å². The molecule has 0 aliphatic rings. The first-order chi connectivity index (χ1) is 6.90. The molecule has 14 heavy (non-hydrogen) atoms. The highest BCUT2D eigenvalue weighted by atomic mass is 16.4. The topological polar surface area (TPSA) is 72.0 Å². The zero-order valence-electron chi connectivity index (χ0n) is 7.42. The highest BCUT2D eigenvalue weighted by Gasteiger charge is 2.07. The molecule has 0 aliphatic carbocycles. The quantitative estimate of drug-likeness (QED) is 0.771. The zero-order chi connectivity index (χ0) is 9.80. The molecule has 5 heteroatoms. The number of aliphatic hydroxyl groups excluding tert-OH is 1. The molecule has 0 radical (unpaired) electrons. The summed E-state index contributed by atoms with van der Waals surface area (Å²) in [7, 11) is 0. The van der Waals surface area contributed by atoms with Gasteiger partial charge in [-0.15, -0.1) is 10.2 Å². The second kappa shape index (κ2) is 3.97. The van der Waals surface area contributed by atoms with E-state index in [-0.39, 0.29) is 6.61 Å². The molecule has 0 spiro atoms. The maximum Gasteiger partial charge on any atom is 0.266 e. The Hall–Kier alpha value is -1.75. The van der Waals surface area contributed by atoms with E-state index < -0.39 is 0 Å². The van der Waals surface area contributed by atoms with Gasteiger partial charge >= 0.3 is 0 Å². The number of pyridine rings is 1. The highest BCUT2D eigenvalue weighted by Crippen LogP contribution is 2.13.